The number of nitrogens with two attached hydrogens (primary N) is 1. The zero-order valence-corrected chi connectivity index (χ0v) is 9.76. The second-order valence-corrected chi connectivity index (χ2v) is 4.45. The average molecular weight is 259 g/mol. The van der Waals surface area contributed by atoms with Crippen LogP contribution in [0.1, 0.15) is 6.42 Å². The molecular weight excluding hydrogens is 247 g/mol. The molecule has 1 unspecified atom stereocenters. The minimum atomic E-state index is -1.01. The highest BCUT2D eigenvalue weighted by atomic mass is 35.5. The maximum Gasteiger partial charge on any atom is 0.246 e. The smallest absolute Gasteiger partial charge is 0.246 e. The Labute approximate surface area is 103 Å². The molecule has 92 valence electrons. The summed E-state index contributed by atoms with van der Waals surface area (Å²) in [7, 11) is 0. The average Bonchev–Trinajstić information content (AvgIpc) is 2.72. The third-order valence-corrected chi connectivity index (χ3v) is 2.97. The van der Waals surface area contributed by atoms with Crippen molar-refractivity contribution in [2.75, 3.05) is 18.5 Å². The predicted molar refractivity (Wildman–Crippen MR) is 62.4 cm³/mol. The van der Waals surface area contributed by atoms with E-state index in [1.54, 1.807) is 0 Å². The number of carbonyl (C=O) groups is 1. The van der Waals surface area contributed by atoms with Gasteiger partial charge in [0.1, 0.15) is 11.4 Å². The van der Waals surface area contributed by atoms with E-state index in [0.717, 1.165) is 0 Å². The lowest BCUT2D eigenvalue weighted by Gasteiger charge is -2.20. The molecule has 6 heteroatoms. The Kier molecular flexibility index (Phi) is 3.33. The Morgan fingerprint density at radius 3 is 2.94 bits per heavy atom. The van der Waals surface area contributed by atoms with Gasteiger partial charge in [0.25, 0.3) is 0 Å². The fourth-order valence-electron chi connectivity index (χ4n) is 1.59. The SMILES string of the molecule is NC1(C(=O)Nc2ccc(F)c(Cl)c2)CCOC1. The molecule has 4 nitrogen and oxygen atoms in total. The van der Waals surface area contributed by atoms with Crippen molar-refractivity contribution in [2.24, 2.45) is 5.73 Å². The van der Waals surface area contributed by atoms with Crippen molar-refractivity contribution in [3.05, 3.63) is 29.0 Å². The van der Waals surface area contributed by atoms with Crippen LogP contribution in [-0.4, -0.2) is 24.7 Å². The van der Waals surface area contributed by atoms with E-state index in [0.29, 0.717) is 18.7 Å². The lowest BCUT2D eigenvalue weighted by atomic mass is 9.99. The van der Waals surface area contributed by atoms with E-state index in [1.165, 1.54) is 18.2 Å². The summed E-state index contributed by atoms with van der Waals surface area (Å²) in [6.07, 6.45) is 0.466. The Morgan fingerprint density at radius 2 is 2.35 bits per heavy atom. The summed E-state index contributed by atoms with van der Waals surface area (Å²) < 4.78 is 18.0. The van der Waals surface area contributed by atoms with Crippen LogP contribution in [0, 0.1) is 5.82 Å². The second kappa shape index (κ2) is 4.60. The third-order valence-electron chi connectivity index (χ3n) is 2.68. The molecule has 0 bridgehead atoms. The summed E-state index contributed by atoms with van der Waals surface area (Å²) >= 11 is 5.61. The molecule has 1 atom stereocenters. The van der Waals surface area contributed by atoms with Gasteiger partial charge >= 0.3 is 0 Å². The molecule has 1 amide bonds. The van der Waals surface area contributed by atoms with Crippen molar-refractivity contribution in [1.82, 2.24) is 0 Å². The van der Waals surface area contributed by atoms with Crippen molar-refractivity contribution < 1.29 is 13.9 Å². The molecule has 3 N–H and O–H groups in total. The molecule has 1 aromatic carbocycles. The lowest BCUT2D eigenvalue weighted by Crippen LogP contribution is -2.51. The lowest BCUT2D eigenvalue weighted by molar-refractivity contribution is -0.121. The highest BCUT2D eigenvalue weighted by Gasteiger charge is 2.38. The summed E-state index contributed by atoms with van der Waals surface area (Å²) in [5, 5.41) is 2.55. The molecule has 2 rings (SSSR count). The van der Waals surface area contributed by atoms with Gasteiger partial charge in [0.2, 0.25) is 5.91 Å². The molecule has 0 saturated carbocycles. The van der Waals surface area contributed by atoms with Gasteiger partial charge in [-0.3, -0.25) is 4.79 Å². The molecule has 1 heterocycles. The molecule has 1 aliphatic heterocycles. The zero-order valence-electron chi connectivity index (χ0n) is 9.00. The highest BCUT2D eigenvalue weighted by Crippen LogP contribution is 2.22. The monoisotopic (exact) mass is 258 g/mol. The summed E-state index contributed by atoms with van der Waals surface area (Å²) in [6.45, 7) is 0.655. The van der Waals surface area contributed by atoms with E-state index in [1.807, 2.05) is 0 Å². The van der Waals surface area contributed by atoms with Crippen molar-refractivity contribution in [2.45, 2.75) is 12.0 Å². The summed E-state index contributed by atoms with van der Waals surface area (Å²) in [4.78, 5) is 11.9. The normalized spacial score (nSPS) is 23.7. The van der Waals surface area contributed by atoms with Crippen molar-refractivity contribution >= 4 is 23.2 Å². The van der Waals surface area contributed by atoms with Crippen LogP contribution in [0.15, 0.2) is 18.2 Å². The van der Waals surface area contributed by atoms with Crippen LogP contribution >= 0.6 is 11.6 Å². The number of benzene rings is 1. The van der Waals surface area contributed by atoms with Gasteiger partial charge in [-0.2, -0.15) is 0 Å². The van der Waals surface area contributed by atoms with Crippen molar-refractivity contribution in [3.8, 4) is 0 Å². The molecule has 0 aromatic heterocycles. The largest absolute Gasteiger partial charge is 0.379 e. The van der Waals surface area contributed by atoms with E-state index in [-0.39, 0.29) is 17.5 Å². The van der Waals surface area contributed by atoms with Crippen molar-refractivity contribution in [1.29, 1.82) is 0 Å². The van der Waals surface area contributed by atoms with Gasteiger partial charge in [-0.15, -0.1) is 0 Å². The fraction of sp³-hybridized carbons (Fsp3) is 0.364. The number of hydrogen-bond donors (Lipinski definition) is 2. The van der Waals surface area contributed by atoms with E-state index in [4.69, 9.17) is 22.1 Å². The maximum absolute atomic E-state index is 12.9. The van der Waals surface area contributed by atoms with Crippen LogP contribution in [-0.2, 0) is 9.53 Å². The molecule has 0 spiro atoms. The Hall–Kier alpha value is -1.17. The maximum atomic E-state index is 12.9. The van der Waals surface area contributed by atoms with E-state index in [9.17, 15) is 9.18 Å². The van der Waals surface area contributed by atoms with Crippen LogP contribution in [0.25, 0.3) is 0 Å². The molecule has 0 aliphatic carbocycles. The van der Waals surface area contributed by atoms with Crippen LogP contribution in [0.5, 0.6) is 0 Å². The van der Waals surface area contributed by atoms with Crippen LogP contribution < -0.4 is 11.1 Å². The first-order valence-corrected chi connectivity index (χ1v) is 5.52. The highest BCUT2D eigenvalue weighted by molar-refractivity contribution is 6.31. The first-order valence-electron chi connectivity index (χ1n) is 5.14. The summed E-state index contributed by atoms with van der Waals surface area (Å²) in [5.74, 6) is -0.881. The number of anilines is 1. The summed E-state index contributed by atoms with van der Waals surface area (Å²) in [5.41, 5.74) is 5.28. The minimum absolute atomic E-state index is 0.0449. The quantitative estimate of drug-likeness (QED) is 0.846. The molecular formula is C11H12ClFN2O2. The number of ether oxygens (including phenoxy) is 1. The van der Waals surface area contributed by atoms with Crippen LogP contribution in [0.4, 0.5) is 10.1 Å². The summed E-state index contributed by atoms with van der Waals surface area (Å²) in [6, 6.07) is 3.96. The van der Waals surface area contributed by atoms with Gasteiger partial charge in [0.15, 0.2) is 0 Å². The first kappa shape index (κ1) is 12.3. The molecule has 1 fully saturated rings. The Bertz CT molecular complexity index is 447. The van der Waals surface area contributed by atoms with Gasteiger partial charge < -0.3 is 15.8 Å². The zero-order chi connectivity index (χ0) is 12.5. The molecule has 17 heavy (non-hydrogen) atoms. The number of amides is 1. The number of hydrogen-bond acceptors (Lipinski definition) is 3. The van der Waals surface area contributed by atoms with Gasteiger partial charge in [-0.05, 0) is 24.6 Å². The van der Waals surface area contributed by atoms with E-state index in [2.05, 4.69) is 5.32 Å². The van der Waals surface area contributed by atoms with Gasteiger partial charge in [0.05, 0.1) is 11.6 Å². The number of nitrogens with one attached hydrogen (secondary N) is 1. The standard InChI is InChI=1S/C11H12ClFN2O2/c12-8-5-7(1-2-9(8)13)15-10(16)11(14)3-4-17-6-11/h1-2,5H,3-4,6,14H2,(H,15,16). The Balaban J connectivity index is 2.10. The second-order valence-electron chi connectivity index (χ2n) is 4.04. The number of carbonyl (C=O) groups excluding carboxylic acids is 1. The van der Waals surface area contributed by atoms with Crippen LogP contribution in [0.3, 0.4) is 0 Å². The first-order chi connectivity index (χ1) is 8.01. The fourth-order valence-corrected chi connectivity index (χ4v) is 1.77. The predicted octanol–water partition coefficient (Wildman–Crippen LogP) is 1.54. The molecule has 1 aliphatic rings. The van der Waals surface area contributed by atoms with Gasteiger partial charge in [-0.1, -0.05) is 11.6 Å². The van der Waals surface area contributed by atoms with E-state index >= 15 is 0 Å². The minimum Gasteiger partial charge on any atom is -0.379 e. The number of halogens is 2. The third kappa shape index (κ3) is 2.57. The van der Waals surface area contributed by atoms with Gasteiger partial charge in [-0.25, -0.2) is 4.39 Å². The molecule has 0 radical (unpaired) electrons. The van der Waals surface area contributed by atoms with Crippen molar-refractivity contribution in [3.63, 3.8) is 0 Å². The Morgan fingerprint density at radius 1 is 1.59 bits per heavy atom. The van der Waals surface area contributed by atoms with Crippen LogP contribution in [0.2, 0.25) is 5.02 Å². The van der Waals surface area contributed by atoms with Gasteiger partial charge in [0, 0.05) is 12.3 Å². The topological polar surface area (TPSA) is 64.4 Å². The number of rotatable bonds is 2. The van der Waals surface area contributed by atoms with E-state index < -0.39 is 11.4 Å². The molecule has 1 saturated heterocycles. The molecule has 1 aromatic rings.